The number of hydrogen-bond acceptors (Lipinski definition) is 4. The Morgan fingerprint density at radius 1 is 1.31 bits per heavy atom. The van der Waals surface area contributed by atoms with Gasteiger partial charge in [-0.2, -0.15) is 13.2 Å². The highest BCUT2D eigenvalue weighted by Gasteiger charge is 2.46. The van der Waals surface area contributed by atoms with Crippen LogP contribution in [0.25, 0.3) is 0 Å². The minimum Gasteiger partial charge on any atom is -0.480 e. The zero-order valence-electron chi connectivity index (χ0n) is 8.33. The van der Waals surface area contributed by atoms with Crippen molar-refractivity contribution in [1.82, 2.24) is 0 Å². The molecule has 5 N–H and O–H groups in total. The van der Waals surface area contributed by atoms with Crippen LogP contribution in [0.4, 0.5) is 13.2 Å². The maximum atomic E-state index is 12.1. The van der Waals surface area contributed by atoms with Gasteiger partial charge in [0, 0.05) is 0 Å². The molecule has 0 fully saturated rings. The van der Waals surface area contributed by atoms with Gasteiger partial charge in [-0.15, -0.1) is 0 Å². The number of ketones is 1. The summed E-state index contributed by atoms with van der Waals surface area (Å²) in [7, 11) is 0. The summed E-state index contributed by atoms with van der Waals surface area (Å²) in [6.07, 6.45) is -5.26. The first-order chi connectivity index (χ1) is 7.21. The molecule has 0 aliphatic rings. The van der Waals surface area contributed by atoms with Crippen molar-refractivity contribution >= 4 is 11.8 Å². The molecule has 0 heterocycles. The fourth-order valence-corrected chi connectivity index (χ4v) is 1.19. The van der Waals surface area contributed by atoms with Gasteiger partial charge in [0.15, 0.2) is 0 Å². The van der Waals surface area contributed by atoms with Crippen LogP contribution >= 0.6 is 0 Å². The Labute approximate surface area is 89.6 Å². The average Bonchev–Trinajstić information content (AvgIpc) is 2.16. The van der Waals surface area contributed by atoms with Gasteiger partial charge in [0.1, 0.15) is 6.04 Å². The Morgan fingerprint density at radius 2 is 1.81 bits per heavy atom. The van der Waals surface area contributed by atoms with Crippen LogP contribution in [0.3, 0.4) is 0 Å². The lowest BCUT2D eigenvalue weighted by atomic mass is 9.90. The van der Waals surface area contributed by atoms with Crippen LogP contribution in [-0.2, 0) is 9.59 Å². The van der Waals surface area contributed by atoms with Crippen LogP contribution in [0.5, 0.6) is 0 Å². The quantitative estimate of drug-likeness (QED) is 0.602. The van der Waals surface area contributed by atoms with Crippen molar-refractivity contribution in [3.63, 3.8) is 0 Å². The van der Waals surface area contributed by atoms with Gasteiger partial charge in [-0.25, -0.2) is 0 Å². The van der Waals surface area contributed by atoms with Crippen molar-refractivity contribution in [3.05, 3.63) is 0 Å². The number of carboxylic acids is 1. The van der Waals surface area contributed by atoms with Crippen molar-refractivity contribution in [2.75, 3.05) is 6.54 Å². The van der Waals surface area contributed by atoms with E-state index >= 15 is 0 Å². The van der Waals surface area contributed by atoms with Gasteiger partial charge < -0.3 is 16.6 Å². The molecular weight excluding hydrogens is 229 g/mol. The van der Waals surface area contributed by atoms with Crippen LogP contribution in [-0.4, -0.2) is 35.6 Å². The van der Waals surface area contributed by atoms with E-state index in [1.54, 1.807) is 0 Å². The summed E-state index contributed by atoms with van der Waals surface area (Å²) in [6.45, 7) is 0.0635. The second-order valence-electron chi connectivity index (χ2n) is 3.26. The first-order valence-electron chi connectivity index (χ1n) is 4.51. The normalized spacial score (nSPS) is 15.6. The van der Waals surface area contributed by atoms with Crippen LogP contribution < -0.4 is 11.5 Å². The van der Waals surface area contributed by atoms with Crippen LogP contribution in [0.15, 0.2) is 0 Å². The standard InChI is InChI=1S/C8H13F3N2O3/c9-8(10,11)6(14)4(2-1-3-12)5(13)7(15)16/h4-5H,1-3,12-13H2,(H,15,16)/t4?,5-/m0/s1. The molecule has 0 bridgehead atoms. The number of carbonyl (C=O) groups is 2. The summed E-state index contributed by atoms with van der Waals surface area (Å²) in [6, 6.07) is -1.86. The second kappa shape index (κ2) is 5.80. The van der Waals surface area contributed by atoms with E-state index in [0.717, 1.165) is 0 Å². The molecule has 0 saturated carbocycles. The summed E-state index contributed by atoms with van der Waals surface area (Å²) < 4.78 is 36.4. The molecule has 1 unspecified atom stereocenters. The van der Waals surface area contributed by atoms with E-state index < -0.39 is 29.9 Å². The van der Waals surface area contributed by atoms with Crippen LogP contribution in [0.1, 0.15) is 12.8 Å². The van der Waals surface area contributed by atoms with Crippen molar-refractivity contribution < 1.29 is 27.9 Å². The van der Waals surface area contributed by atoms with Gasteiger partial charge in [0.25, 0.3) is 0 Å². The smallest absolute Gasteiger partial charge is 0.450 e. The number of rotatable bonds is 6. The van der Waals surface area contributed by atoms with E-state index in [1.165, 1.54) is 0 Å². The summed E-state index contributed by atoms with van der Waals surface area (Å²) in [5.41, 5.74) is 10.1. The number of carbonyl (C=O) groups excluding carboxylic acids is 1. The molecule has 0 aliphatic heterocycles. The number of aliphatic carboxylic acids is 1. The fraction of sp³-hybridized carbons (Fsp3) is 0.750. The maximum absolute atomic E-state index is 12.1. The van der Waals surface area contributed by atoms with Gasteiger partial charge in [-0.1, -0.05) is 0 Å². The summed E-state index contributed by atoms with van der Waals surface area (Å²) in [5, 5.41) is 8.49. The molecule has 0 aromatic carbocycles. The third-order valence-electron chi connectivity index (χ3n) is 2.05. The first-order valence-corrected chi connectivity index (χ1v) is 4.51. The van der Waals surface area contributed by atoms with Crippen molar-refractivity contribution in [1.29, 1.82) is 0 Å². The van der Waals surface area contributed by atoms with Crippen molar-refractivity contribution in [2.24, 2.45) is 17.4 Å². The lowest BCUT2D eigenvalue weighted by molar-refractivity contribution is -0.177. The van der Waals surface area contributed by atoms with Gasteiger partial charge in [-0.3, -0.25) is 9.59 Å². The number of nitrogens with two attached hydrogens (primary N) is 2. The van der Waals surface area contributed by atoms with Crippen molar-refractivity contribution in [3.8, 4) is 0 Å². The highest BCUT2D eigenvalue weighted by molar-refractivity contribution is 5.91. The topological polar surface area (TPSA) is 106 Å². The fourth-order valence-electron chi connectivity index (χ4n) is 1.19. The maximum Gasteiger partial charge on any atom is 0.450 e. The molecule has 0 amide bonds. The molecule has 0 aromatic rings. The number of Topliss-reactive ketones (excluding diaryl/α,β-unsaturated/α-hetero) is 1. The number of alkyl halides is 3. The monoisotopic (exact) mass is 242 g/mol. The first kappa shape index (κ1) is 14.8. The highest BCUT2D eigenvalue weighted by atomic mass is 19.4. The van der Waals surface area contributed by atoms with Crippen LogP contribution in [0, 0.1) is 5.92 Å². The predicted octanol–water partition coefficient (Wildman–Crippen LogP) is -0.115. The van der Waals surface area contributed by atoms with E-state index in [1.807, 2.05) is 0 Å². The van der Waals surface area contributed by atoms with Gasteiger partial charge in [0.2, 0.25) is 5.78 Å². The molecule has 94 valence electrons. The predicted molar refractivity (Wildman–Crippen MR) is 48.5 cm³/mol. The zero-order chi connectivity index (χ0) is 12.9. The largest absolute Gasteiger partial charge is 0.480 e. The van der Waals surface area contributed by atoms with Crippen molar-refractivity contribution in [2.45, 2.75) is 25.1 Å². The SMILES string of the molecule is NCCCC(C(=O)C(F)(F)F)[C@H](N)C(=O)O. The Balaban J connectivity index is 4.80. The van der Waals surface area contributed by atoms with Gasteiger partial charge in [-0.05, 0) is 19.4 Å². The van der Waals surface area contributed by atoms with E-state index in [2.05, 4.69) is 0 Å². The number of carboxylic acid groups (broad SMARTS) is 1. The Bertz CT molecular complexity index is 268. The van der Waals surface area contributed by atoms with E-state index in [0.29, 0.717) is 0 Å². The van der Waals surface area contributed by atoms with Gasteiger partial charge >= 0.3 is 12.1 Å². The molecule has 0 saturated heterocycles. The molecule has 0 spiro atoms. The molecule has 0 radical (unpaired) electrons. The lowest BCUT2D eigenvalue weighted by Crippen LogP contribution is -2.46. The Kier molecular flexibility index (Phi) is 5.39. The Morgan fingerprint density at radius 3 is 2.12 bits per heavy atom. The van der Waals surface area contributed by atoms with E-state index in [-0.39, 0.29) is 19.4 Å². The summed E-state index contributed by atoms with van der Waals surface area (Å²) >= 11 is 0. The molecule has 16 heavy (non-hydrogen) atoms. The Hall–Kier alpha value is -1.15. The molecule has 2 atom stereocenters. The third kappa shape index (κ3) is 4.15. The molecule has 5 nitrogen and oxygen atoms in total. The summed E-state index contributed by atoms with van der Waals surface area (Å²) in [5.74, 6) is -5.53. The third-order valence-corrected chi connectivity index (χ3v) is 2.05. The molecule has 8 heteroatoms. The second-order valence-corrected chi connectivity index (χ2v) is 3.26. The molecular formula is C8H13F3N2O3. The number of halogens is 3. The molecule has 0 rings (SSSR count). The minimum atomic E-state index is -5.08. The molecule has 0 aliphatic carbocycles. The van der Waals surface area contributed by atoms with Gasteiger partial charge in [0.05, 0.1) is 5.92 Å². The van der Waals surface area contributed by atoms with E-state index in [9.17, 15) is 22.8 Å². The summed E-state index contributed by atoms with van der Waals surface area (Å²) in [4.78, 5) is 21.4. The average molecular weight is 242 g/mol. The highest BCUT2D eigenvalue weighted by Crippen LogP contribution is 2.25. The van der Waals surface area contributed by atoms with Crippen LogP contribution in [0.2, 0.25) is 0 Å². The lowest BCUT2D eigenvalue weighted by Gasteiger charge is -2.20. The number of hydrogen-bond donors (Lipinski definition) is 3. The zero-order valence-corrected chi connectivity index (χ0v) is 8.33. The minimum absolute atomic E-state index is 0.0635. The van der Waals surface area contributed by atoms with E-state index in [4.69, 9.17) is 16.6 Å². The molecule has 0 aromatic heterocycles.